The van der Waals surface area contributed by atoms with E-state index in [-0.39, 0.29) is 5.92 Å². The quantitative estimate of drug-likeness (QED) is 0.546. The van der Waals surface area contributed by atoms with Crippen LogP contribution in [-0.2, 0) is 4.74 Å². The number of rotatable bonds is 5. The molecule has 3 heteroatoms. The van der Waals surface area contributed by atoms with Crippen LogP contribution in [0.1, 0.15) is 84.5 Å². The van der Waals surface area contributed by atoms with Crippen LogP contribution in [0.4, 0.5) is 8.78 Å². The van der Waals surface area contributed by atoms with Crippen molar-refractivity contribution in [3.05, 3.63) is 0 Å². The highest BCUT2D eigenvalue weighted by Gasteiger charge is 2.45. The van der Waals surface area contributed by atoms with Gasteiger partial charge in [-0.25, -0.2) is 8.78 Å². The van der Waals surface area contributed by atoms with E-state index in [4.69, 9.17) is 4.74 Å². The normalized spacial score (nSPS) is 46.1. The Morgan fingerprint density at radius 2 is 1.24 bits per heavy atom. The molecule has 4 atom stereocenters. The lowest BCUT2D eigenvalue weighted by molar-refractivity contribution is -0.0852. The van der Waals surface area contributed by atoms with Crippen molar-refractivity contribution in [2.24, 2.45) is 29.6 Å². The molecule has 3 fully saturated rings. The lowest BCUT2D eigenvalue weighted by Gasteiger charge is -2.43. The van der Waals surface area contributed by atoms with E-state index in [1.807, 2.05) is 6.92 Å². The fraction of sp³-hybridized carbons (Fsp3) is 1.00. The minimum atomic E-state index is -1.42. The van der Waals surface area contributed by atoms with Crippen LogP contribution in [0.25, 0.3) is 0 Å². The number of halogens is 2. The Bertz CT molecular complexity index is 385. The molecule has 0 heterocycles. The summed E-state index contributed by atoms with van der Waals surface area (Å²) in [7, 11) is 0. The van der Waals surface area contributed by atoms with Gasteiger partial charge in [-0.1, -0.05) is 26.2 Å². The zero-order chi connectivity index (χ0) is 17.8. The third kappa shape index (κ3) is 4.57. The molecule has 0 radical (unpaired) electrons. The molecule has 3 rings (SSSR count). The van der Waals surface area contributed by atoms with Gasteiger partial charge in [0.05, 0.1) is 6.10 Å². The Labute approximate surface area is 153 Å². The van der Waals surface area contributed by atoms with Gasteiger partial charge in [0.1, 0.15) is 6.17 Å². The smallest absolute Gasteiger partial charge is 0.157 e. The summed E-state index contributed by atoms with van der Waals surface area (Å²) >= 11 is 0. The van der Waals surface area contributed by atoms with E-state index in [1.54, 1.807) is 0 Å². The van der Waals surface area contributed by atoms with Crippen molar-refractivity contribution in [3.63, 3.8) is 0 Å². The second kappa shape index (κ2) is 9.15. The van der Waals surface area contributed by atoms with Gasteiger partial charge in [-0.15, -0.1) is 0 Å². The van der Waals surface area contributed by atoms with Crippen molar-refractivity contribution < 1.29 is 13.5 Å². The van der Waals surface area contributed by atoms with Gasteiger partial charge >= 0.3 is 0 Å². The van der Waals surface area contributed by atoms with Gasteiger partial charge in [-0.2, -0.15) is 0 Å². The zero-order valence-electron chi connectivity index (χ0n) is 16.3. The molecule has 0 aromatic carbocycles. The van der Waals surface area contributed by atoms with Crippen LogP contribution >= 0.6 is 0 Å². The van der Waals surface area contributed by atoms with Gasteiger partial charge in [0, 0.05) is 6.61 Å². The Morgan fingerprint density at radius 1 is 0.680 bits per heavy atom. The van der Waals surface area contributed by atoms with Crippen molar-refractivity contribution in [1.29, 1.82) is 0 Å². The topological polar surface area (TPSA) is 9.23 Å². The van der Waals surface area contributed by atoms with Crippen molar-refractivity contribution in [2.75, 3.05) is 6.61 Å². The minimum Gasteiger partial charge on any atom is -0.375 e. The number of hydrogen-bond donors (Lipinski definition) is 0. The highest BCUT2D eigenvalue weighted by atomic mass is 19.2. The van der Waals surface area contributed by atoms with E-state index in [1.165, 1.54) is 44.9 Å². The average Bonchev–Trinajstić information content (AvgIpc) is 2.66. The molecule has 146 valence electrons. The fourth-order valence-electron chi connectivity index (χ4n) is 6.11. The number of ether oxygens (including phenoxy) is 1. The minimum absolute atomic E-state index is 0.0662. The van der Waals surface area contributed by atoms with Crippen molar-refractivity contribution in [2.45, 2.75) is 103 Å². The van der Waals surface area contributed by atoms with E-state index in [0.717, 1.165) is 37.0 Å². The summed E-state index contributed by atoms with van der Waals surface area (Å²) in [6, 6.07) is 0. The van der Waals surface area contributed by atoms with Gasteiger partial charge in [0.15, 0.2) is 6.17 Å². The Kier molecular flexibility index (Phi) is 7.17. The van der Waals surface area contributed by atoms with Gasteiger partial charge < -0.3 is 4.74 Å². The highest BCUT2D eigenvalue weighted by molar-refractivity contribution is 4.93. The van der Waals surface area contributed by atoms with E-state index in [0.29, 0.717) is 18.9 Å². The van der Waals surface area contributed by atoms with Gasteiger partial charge in [0.25, 0.3) is 0 Å². The van der Waals surface area contributed by atoms with Crippen molar-refractivity contribution in [3.8, 4) is 0 Å². The summed E-state index contributed by atoms with van der Waals surface area (Å²) in [6.45, 7) is 4.66. The molecule has 3 aliphatic carbocycles. The molecule has 0 saturated heterocycles. The molecule has 0 N–H and O–H groups in total. The van der Waals surface area contributed by atoms with Crippen LogP contribution in [0.15, 0.2) is 0 Å². The predicted molar refractivity (Wildman–Crippen MR) is 99.1 cm³/mol. The third-order valence-corrected chi connectivity index (χ3v) is 7.79. The number of hydrogen-bond acceptors (Lipinski definition) is 1. The largest absolute Gasteiger partial charge is 0.375 e. The van der Waals surface area contributed by atoms with E-state index >= 15 is 0 Å². The second-order valence-electron chi connectivity index (χ2n) is 8.99. The lowest BCUT2D eigenvalue weighted by atomic mass is 9.65. The summed E-state index contributed by atoms with van der Waals surface area (Å²) in [4.78, 5) is 0. The molecule has 0 amide bonds. The van der Waals surface area contributed by atoms with E-state index in [9.17, 15) is 8.78 Å². The summed E-state index contributed by atoms with van der Waals surface area (Å²) in [5.74, 6) is 3.06. The Balaban J connectivity index is 1.46. The first-order valence-electron chi connectivity index (χ1n) is 11.0. The molecule has 0 bridgehead atoms. The Morgan fingerprint density at radius 3 is 1.80 bits per heavy atom. The maximum absolute atomic E-state index is 14.7. The summed E-state index contributed by atoms with van der Waals surface area (Å²) < 4.78 is 34.5. The fourth-order valence-corrected chi connectivity index (χ4v) is 6.11. The SMILES string of the molecule is CCOC1CCC(C2CCC(C3CCC(CC)CC3)CC2)C(F)C1F. The van der Waals surface area contributed by atoms with Crippen LogP contribution in [-0.4, -0.2) is 25.1 Å². The molecule has 1 nitrogen and oxygen atoms in total. The van der Waals surface area contributed by atoms with Crippen LogP contribution in [0, 0.1) is 29.6 Å². The van der Waals surface area contributed by atoms with Crippen LogP contribution in [0.3, 0.4) is 0 Å². The maximum Gasteiger partial charge on any atom is 0.157 e. The second-order valence-corrected chi connectivity index (χ2v) is 8.99. The predicted octanol–water partition coefficient (Wildman–Crippen LogP) is 6.50. The maximum atomic E-state index is 14.7. The third-order valence-electron chi connectivity index (χ3n) is 7.79. The van der Waals surface area contributed by atoms with Crippen LogP contribution in [0.2, 0.25) is 0 Å². The van der Waals surface area contributed by atoms with Crippen molar-refractivity contribution in [1.82, 2.24) is 0 Å². The molecule has 0 spiro atoms. The molecule has 25 heavy (non-hydrogen) atoms. The zero-order valence-corrected chi connectivity index (χ0v) is 16.3. The summed E-state index contributed by atoms with van der Waals surface area (Å²) in [6.07, 6.45) is 9.99. The standard InChI is InChI=1S/C22H38F2O/c1-3-15-5-7-16(8-6-15)17-9-11-18(12-10-17)19-13-14-20(25-4-2)22(24)21(19)23/h15-22H,3-14H2,1-2H3. The first kappa shape index (κ1) is 19.6. The molecule has 3 saturated carbocycles. The van der Waals surface area contributed by atoms with E-state index in [2.05, 4.69) is 6.92 Å². The van der Waals surface area contributed by atoms with Gasteiger partial charge in [0.2, 0.25) is 0 Å². The molecule has 0 aromatic heterocycles. The van der Waals surface area contributed by atoms with Crippen LogP contribution in [0.5, 0.6) is 0 Å². The summed E-state index contributed by atoms with van der Waals surface area (Å²) in [5, 5.41) is 0. The number of alkyl halides is 2. The summed E-state index contributed by atoms with van der Waals surface area (Å²) in [5.41, 5.74) is 0. The Hall–Kier alpha value is -0.180. The monoisotopic (exact) mass is 356 g/mol. The molecule has 0 aromatic rings. The van der Waals surface area contributed by atoms with Gasteiger partial charge in [-0.3, -0.25) is 0 Å². The molecule has 4 unspecified atom stereocenters. The molecule has 0 aliphatic heterocycles. The van der Waals surface area contributed by atoms with E-state index < -0.39 is 18.4 Å². The first-order valence-corrected chi connectivity index (χ1v) is 11.0. The molecule has 3 aliphatic rings. The highest BCUT2D eigenvalue weighted by Crippen LogP contribution is 2.46. The molecular formula is C22H38F2O. The first-order chi connectivity index (χ1) is 12.1. The van der Waals surface area contributed by atoms with Crippen molar-refractivity contribution >= 4 is 0 Å². The van der Waals surface area contributed by atoms with Crippen LogP contribution < -0.4 is 0 Å². The average molecular weight is 357 g/mol. The molecular weight excluding hydrogens is 318 g/mol. The van der Waals surface area contributed by atoms with Gasteiger partial charge in [-0.05, 0) is 87.9 Å². The lowest BCUT2D eigenvalue weighted by Crippen LogP contribution is -2.46.